The summed E-state index contributed by atoms with van der Waals surface area (Å²) in [5.74, 6) is -0.498. The molecule has 0 unspecified atom stereocenters. The van der Waals surface area contributed by atoms with Gasteiger partial charge in [-0.2, -0.15) is 0 Å². The van der Waals surface area contributed by atoms with Crippen LogP contribution in [0.3, 0.4) is 0 Å². The molecule has 5 heteroatoms. The Hall–Kier alpha value is -1.13. The molecule has 0 amide bonds. The Labute approximate surface area is 130 Å². The van der Waals surface area contributed by atoms with Gasteiger partial charge in [-0.05, 0) is 43.9 Å². The molecule has 0 spiro atoms. The van der Waals surface area contributed by atoms with Gasteiger partial charge in [-0.15, -0.1) is 0 Å². The molecule has 116 valence electrons. The van der Waals surface area contributed by atoms with Crippen LogP contribution >= 0.6 is 11.6 Å². The van der Waals surface area contributed by atoms with Crippen molar-refractivity contribution in [1.29, 1.82) is 0 Å². The van der Waals surface area contributed by atoms with E-state index in [1.165, 1.54) is 19.2 Å². The van der Waals surface area contributed by atoms with Crippen LogP contribution in [0.1, 0.15) is 25.3 Å². The normalized spacial score (nSPS) is 23.0. The topological polar surface area (TPSA) is 29.5 Å². The Morgan fingerprint density at radius 2 is 2.24 bits per heavy atom. The van der Waals surface area contributed by atoms with E-state index in [-0.39, 0.29) is 17.7 Å². The molecule has 3 nitrogen and oxygen atoms in total. The van der Waals surface area contributed by atoms with Gasteiger partial charge in [-0.1, -0.05) is 17.7 Å². The predicted octanol–water partition coefficient (Wildman–Crippen LogP) is 3.30. The van der Waals surface area contributed by atoms with Crippen LogP contribution in [-0.2, 0) is 16.0 Å². The van der Waals surface area contributed by atoms with Crippen molar-refractivity contribution in [3.05, 3.63) is 34.6 Å². The molecule has 1 aliphatic rings. The third-order valence-corrected chi connectivity index (χ3v) is 4.58. The van der Waals surface area contributed by atoms with E-state index in [1.54, 1.807) is 6.07 Å². The molecule has 0 radical (unpaired) electrons. The van der Waals surface area contributed by atoms with Crippen LogP contribution in [0.5, 0.6) is 0 Å². The first-order valence-corrected chi connectivity index (χ1v) is 7.65. The van der Waals surface area contributed by atoms with Gasteiger partial charge >= 0.3 is 5.97 Å². The van der Waals surface area contributed by atoms with Gasteiger partial charge in [0.25, 0.3) is 0 Å². The Morgan fingerprint density at radius 3 is 2.90 bits per heavy atom. The van der Waals surface area contributed by atoms with Crippen molar-refractivity contribution in [3.8, 4) is 0 Å². The van der Waals surface area contributed by atoms with Crippen LogP contribution in [0.15, 0.2) is 18.2 Å². The van der Waals surface area contributed by atoms with Crippen molar-refractivity contribution in [3.63, 3.8) is 0 Å². The number of esters is 1. The molecule has 0 aliphatic carbocycles. The summed E-state index contributed by atoms with van der Waals surface area (Å²) >= 11 is 6.05. The van der Waals surface area contributed by atoms with Gasteiger partial charge < -0.3 is 4.74 Å². The molecule has 0 bridgehead atoms. The minimum absolute atomic E-state index is 0.0464. The van der Waals surface area contributed by atoms with E-state index in [2.05, 4.69) is 11.8 Å². The molecule has 2 atom stereocenters. The van der Waals surface area contributed by atoms with Gasteiger partial charge in [0.2, 0.25) is 0 Å². The number of ether oxygens (including phenoxy) is 1. The second-order valence-corrected chi connectivity index (χ2v) is 6.03. The maximum Gasteiger partial charge on any atom is 0.309 e. The molecule has 0 aromatic heterocycles. The zero-order chi connectivity index (χ0) is 15.4. The van der Waals surface area contributed by atoms with E-state index in [0.717, 1.165) is 31.4 Å². The first-order valence-electron chi connectivity index (χ1n) is 7.27. The Morgan fingerprint density at radius 1 is 1.48 bits per heavy atom. The second kappa shape index (κ2) is 7.23. The highest BCUT2D eigenvalue weighted by molar-refractivity contribution is 6.31. The Bertz CT molecular complexity index is 509. The molecule has 1 aliphatic heterocycles. The zero-order valence-electron chi connectivity index (χ0n) is 12.4. The van der Waals surface area contributed by atoms with Crippen LogP contribution in [0, 0.1) is 11.7 Å². The molecule has 1 fully saturated rings. The molecule has 0 saturated carbocycles. The summed E-state index contributed by atoms with van der Waals surface area (Å²) in [6.07, 6.45) is 2.61. The van der Waals surface area contributed by atoms with Gasteiger partial charge in [0.15, 0.2) is 0 Å². The van der Waals surface area contributed by atoms with Crippen LogP contribution in [-0.4, -0.2) is 37.1 Å². The lowest BCUT2D eigenvalue weighted by Crippen LogP contribution is -2.45. The monoisotopic (exact) mass is 313 g/mol. The lowest BCUT2D eigenvalue weighted by atomic mass is 9.93. The lowest BCUT2D eigenvalue weighted by molar-refractivity contribution is -0.147. The van der Waals surface area contributed by atoms with E-state index in [0.29, 0.717) is 17.6 Å². The Balaban J connectivity index is 1.95. The highest BCUT2D eigenvalue weighted by Gasteiger charge is 2.30. The number of hydrogen-bond acceptors (Lipinski definition) is 3. The van der Waals surface area contributed by atoms with Gasteiger partial charge in [-0.3, -0.25) is 9.69 Å². The van der Waals surface area contributed by atoms with Crippen LogP contribution in [0.2, 0.25) is 5.02 Å². The van der Waals surface area contributed by atoms with Crippen molar-refractivity contribution in [2.45, 2.75) is 32.2 Å². The number of nitrogens with zero attached hydrogens (tertiary/aromatic N) is 1. The van der Waals surface area contributed by atoms with Gasteiger partial charge in [0.1, 0.15) is 5.82 Å². The molecular formula is C16H21ClFNO2. The number of benzene rings is 1. The standard InChI is InChI=1S/C16H21ClFNO2/c1-11-3-4-13(16(20)21-2)10-19(11)8-7-12-5-6-14(18)9-15(12)17/h5-6,9,11,13H,3-4,7-8,10H2,1-2H3/t11-,13+/m0/s1. The second-order valence-electron chi connectivity index (χ2n) is 5.63. The average molecular weight is 314 g/mol. The molecule has 1 saturated heterocycles. The number of halogens is 2. The molecule has 21 heavy (non-hydrogen) atoms. The first kappa shape index (κ1) is 16.2. The van der Waals surface area contributed by atoms with E-state index in [9.17, 15) is 9.18 Å². The van der Waals surface area contributed by atoms with E-state index >= 15 is 0 Å². The predicted molar refractivity (Wildman–Crippen MR) is 80.9 cm³/mol. The van der Waals surface area contributed by atoms with E-state index in [1.807, 2.05) is 0 Å². The summed E-state index contributed by atoms with van der Waals surface area (Å²) in [5, 5.41) is 0.462. The van der Waals surface area contributed by atoms with Crippen molar-refractivity contribution < 1.29 is 13.9 Å². The van der Waals surface area contributed by atoms with Crippen molar-refractivity contribution >= 4 is 17.6 Å². The number of methoxy groups -OCH3 is 1. The number of carbonyl (C=O) groups excluding carboxylic acids is 1. The fraction of sp³-hybridized carbons (Fsp3) is 0.562. The van der Waals surface area contributed by atoms with Gasteiger partial charge in [-0.25, -0.2) is 4.39 Å². The molecule has 0 N–H and O–H groups in total. The summed E-state index contributed by atoms with van der Waals surface area (Å²) in [6.45, 7) is 3.69. The third kappa shape index (κ3) is 4.17. The van der Waals surface area contributed by atoms with E-state index < -0.39 is 0 Å². The first-order chi connectivity index (χ1) is 10.0. The number of piperidine rings is 1. The van der Waals surface area contributed by atoms with Crippen molar-refractivity contribution in [1.82, 2.24) is 4.90 Å². The summed E-state index contributed by atoms with van der Waals surface area (Å²) in [5.41, 5.74) is 0.936. The molecule has 2 rings (SSSR count). The molecular weight excluding hydrogens is 293 g/mol. The largest absolute Gasteiger partial charge is 0.469 e. The minimum atomic E-state index is -0.319. The fourth-order valence-electron chi connectivity index (χ4n) is 2.84. The van der Waals surface area contributed by atoms with Crippen molar-refractivity contribution in [2.75, 3.05) is 20.2 Å². The number of rotatable bonds is 4. The molecule has 1 heterocycles. The van der Waals surface area contributed by atoms with Crippen molar-refractivity contribution in [2.24, 2.45) is 5.92 Å². The number of hydrogen-bond donors (Lipinski definition) is 0. The number of carbonyl (C=O) groups is 1. The number of likely N-dealkylation sites (tertiary alicyclic amines) is 1. The maximum atomic E-state index is 13.0. The maximum absolute atomic E-state index is 13.0. The van der Waals surface area contributed by atoms with Crippen LogP contribution < -0.4 is 0 Å². The minimum Gasteiger partial charge on any atom is -0.469 e. The SMILES string of the molecule is COC(=O)[C@@H]1CC[C@H](C)N(CCc2ccc(F)cc2Cl)C1. The third-order valence-electron chi connectivity index (χ3n) is 4.23. The zero-order valence-corrected chi connectivity index (χ0v) is 13.2. The summed E-state index contributed by atoms with van der Waals surface area (Å²) in [6, 6.07) is 4.93. The smallest absolute Gasteiger partial charge is 0.309 e. The molecule has 1 aromatic carbocycles. The summed E-state index contributed by atoms with van der Waals surface area (Å²) in [7, 11) is 1.43. The highest BCUT2D eigenvalue weighted by atomic mass is 35.5. The molecule has 1 aromatic rings. The van der Waals surface area contributed by atoms with Gasteiger partial charge in [0.05, 0.1) is 13.0 Å². The summed E-state index contributed by atoms with van der Waals surface area (Å²) in [4.78, 5) is 14.0. The average Bonchev–Trinajstić information content (AvgIpc) is 2.47. The van der Waals surface area contributed by atoms with E-state index in [4.69, 9.17) is 16.3 Å². The van der Waals surface area contributed by atoms with Gasteiger partial charge in [0, 0.05) is 24.2 Å². The Kier molecular flexibility index (Phi) is 5.59. The quantitative estimate of drug-likeness (QED) is 0.799. The van der Waals surface area contributed by atoms with Crippen LogP contribution in [0.4, 0.5) is 4.39 Å². The highest BCUT2D eigenvalue weighted by Crippen LogP contribution is 2.24. The summed E-state index contributed by atoms with van der Waals surface area (Å²) < 4.78 is 17.9. The fourth-order valence-corrected chi connectivity index (χ4v) is 3.10. The lowest BCUT2D eigenvalue weighted by Gasteiger charge is -2.36. The van der Waals surface area contributed by atoms with Crippen LogP contribution in [0.25, 0.3) is 0 Å².